The Morgan fingerprint density at radius 1 is 1.00 bits per heavy atom. The predicted molar refractivity (Wildman–Crippen MR) is 104 cm³/mol. The van der Waals surface area contributed by atoms with Crippen molar-refractivity contribution in [3.8, 4) is 0 Å². The number of hydrogen-bond acceptors (Lipinski definition) is 4. The van der Waals surface area contributed by atoms with Crippen molar-refractivity contribution in [3.05, 3.63) is 71.5 Å². The van der Waals surface area contributed by atoms with Crippen LogP contribution < -0.4 is 5.32 Å². The quantitative estimate of drug-likeness (QED) is 0.760. The van der Waals surface area contributed by atoms with Gasteiger partial charge in [0.1, 0.15) is 12.4 Å². The maximum absolute atomic E-state index is 13.2. The number of carbonyl (C=O) groups excluding carboxylic acids is 3. The van der Waals surface area contributed by atoms with Crippen LogP contribution in [-0.2, 0) is 14.3 Å². The molecule has 0 aromatic heterocycles. The second-order valence-electron chi connectivity index (χ2n) is 6.86. The number of likely N-dealkylation sites (tertiary alicyclic amines) is 1. The highest BCUT2D eigenvalue weighted by Crippen LogP contribution is 2.22. The van der Waals surface area contributed by atoms with Gasteiger partial charge in [0.15, 0.2) is 0 Å². The molecule has 29 heavy (non-hydrogen) atoms. The summed E-state index contributed by atoms with van der Waals surface area (Å²) in [6.45, 7) is 0.845. The van der Waals surface area contributed by atoms with E-state index in [1.54, 1.807) is 29.2 Å². The molecule has 1 saturated heterocycles. The van der Waals surface area contributed by atoms with Crippen LogP contribution in [-0.4, -0.2) is 42.3 Å². The van der Waals surface area contributed by atoms with E-state index in [1.807, 2.05) is 6.07 Å². The standard InChI is InChI=1S/C22H23FN2O4/c23-18-11-7-10-17(14-18)21(27)24-15-19(26)29-20(16-8-3-1-4-9-16)22(28)25-12-5-2-6-13-25/h1,3-4,7-11,14,20H,2,5-6,12-13,15H2,(H,24,27)/t20-/m0/s1. The summed E-state index contributed by atoms with van der Waals surface area (Å²) in [7, 11) is 0. The lowest BCUT2D eigenvalue weighted by Gasteiger charge is -2.30. The van der Waals surface area contributed by atoms with Crippen LogP contribution in [0.5, 0.6) is 0 Å². The molecule has 1 aliphatic heterocycles. The van der Waals surface area contributed by atoms with E-state index in [4.69, 9.17) is 4.74 Å². The summed E-state index contributed by atoms with van der Waals surface area (Å²) in [6.07, 6.45) is 1.86. The molecular formula is C22H23FN2O4. The number of nitrogens with zero attached hydrogens (tertiary/aromatic N) is 1. The number of ether oxygens (including phenoxy) is 1. The molecule has 0 saturated carbocycles. The molecule has 1 atom stereocenters. The number of benzene rings is 2. The minimum atomic E-state index is -1.06. The lowest BCUT2D eigenvalue weighted by molar-refractivity contribution is -0.160. The molecule has 1 aliphatic rings. The van der Waals surface area contributed by atoms with E-state index in [-0.39, 0.29) is 11.5 Å². The number of esters is 1. The zero-order chi connectivity index (χ0) is 20.6. The lowest BCUT2D eigenvalue weighted by atomic mass is 10.1. The average molecular weight is 398 g/mol. The molecule has 0 bridgehead atoms. The first kappa shape index (κ1) is 20.5. The van der Waals surface area contributed by atoms with Crippen LogP contribution in [0.2, 0.25) is 0 Å². The van der Waals surface area contributed by atoms with E-state index >= 15 is 0 Å². The number of piperidine rings is 1. The fourth-order valence-electron chi connectivity index (χ4n) is 3.23. The fourth-order valence-corrected chi connectivity index (χ4v) is 3.23. The number of carbonyl (C=O) groups is 3. The number of nitrogens with one attached hydrogen (secondary N) is 1. The Labute approximate surface area is 168 Å². The third-order valence-corrected chi connectivity index (χ3v) is 4.72. The molecule has 1 heterocycles. The second-order valence-corrected chi connectivity index (χ2v) is 6.86. The molecule has 7 heteroatoms. The maximum atomic E-state index is 13.2. The van der Waals surface area contributed by atoms with Crippen molar-refractivity contribution >= 4 is 17.8 Å². The summed E-state index contributed by atoms with van der Waals surface area (Å²) in [4.78, 5) is 39.1. The van der Waals surface area contributed by atoms with Crippen molar-refractivity contribution in [1.29, 1.82) is 0 Å². The minimum Gasteiger partial charge on any atom is -0.446 e. The molecule has 1 fully saturated rings. The van der Waals surface area contributed by atoms with Crippen molar-refractivity contribution < 1.29 is 23.5 Å². The van der Waals surface area contributed by atoms with Crippen molar-refractivity contribution in [2.24, 2.45) is 0 Å². The maximum Gasteiger partial charge on any atom is 0.326 e. The number of halogens is 1. The average Bonchev–Trinajstić information content (AvgIpc) is 2.76. The van der Waals surface area contributed by atoms with Gasteiger partial charge in [-0.25, -0.2) is 4.39 Å². The molecule has 2 aromatic carbocycles. The molecule has 6 nitrogen and oxygen atoms in total. The van der Waals surface area contributed by atoms with Gasteiger partial charge in [0.05, 0.1) is 0 Å². The molecule has 2 amide bonds. The van der Waals surface area contributed by atoms with E-state index in [0.29, 0.717) is 18.7 Å². The summed E-state index contributed by atoms with van der Waals surface area (Å²) >= 11 is 0. The van der Waals surface area contributed by atoms with Crippen molar-refractivity contribution in [2.45, 2.75) is 25.4 Å². The van der Waals surface area contributed by atoms with Gasteiger partial charge in [0, 0.05) is 24.2 Å². The number of amides is 2. The Hall–Kier alpha value is -3.22. The Balaban J connectivity index is 1.64. The molecule has 0 spiro atoms. The van der Waals surface area contributed by atoms with Gasteiger partial charge in [-0.05, 0) is 37.5 Å². The molecule has 0 aliphatic carbocycles. The molecule has 1 N–H and O–H groups in total. The van der Waals surface area contributed by atoms with Crippen LogP contribution in [0.1, 0.15) is 41.3 Å². The summed E-state index contributed by atoms with van der Waals surface area (Å²) in [5.41, 5.74) is 0.676. The zero-order valence-corrected chi connectivity index (χ0v) is 16.0. The van der Waals surface area contributed by atoms with Crippen LogP contribution in [0.4, 0.5) is 4.39 Å². The molecular weight excluding hydrogens is 375 g/mol. The highest BCUT2D eigenvalue weighted by molar-refractivity contribution is 5.96. The third kappa shape index (κ3) is 5.63. The van der Waals surface area contributed by atoms with Gasteiger partial charge in [-0.1, -0.05) is 36.4 Å². The summed E-state index contributed by atoms with van der Waals surface area (Å²) < 4.78 is 18.7. The molecule has 2 aromatic rings. The van der Waals surface area contributed by atoms with Crippen molar-refractivity contribution in [2.75, 3.05) is 19.6 Å². The van der Waals surface area contributed by atoms with Gasteiger partial charge in [-0.3, -0.25) is 14.4 Å². The molecule has 152 valence electrons. The summed E-state index contributed by atoms with van der Waals surface area (Å²) in [6, 6.07) is 14.0. The largest absolute Gasteiger partial charge is 0.446 e. The van der Waals surface area contributed by atoms with Gasteiger partial charge in [-0.2, -0.15) is 0 Å². The minimum absolute atomic E-state index is 0.0989. The van der Waals surface area contributed by atoms with E-state index in [2.05, 4.69) is 5.32 Å². The normalized spacial score (nSPS) is 14.7. The topological polar surface area (TPSA) is 75.7 Å². The molecule has 0 unspecified atom stereocenters. The summed E-state index contributed by atoms with van der Waals surface area (Å²) in [5, 5.41) is 2.40. The van der Waals surface area contributed by atoms with E-state index < -0.39 is 30.3 Å². The van der Waals surface area contributed by atoms with Gasteiger partial charge in [0.25, 0.3) is 11.8 Å². The second kappa shape index (κ2) is 9.82. The highest BCUT2D eigenvalue weighted by Gasteiger charge is 2.30. The van der Waals surface area contributed by atoms with Gasteiger partial charge in [-0.15, -0.1) is 0 Å². The lowest BCUT2D eigenvalue weighted by Crippen LogP contribution is -2.41. The third-order valence-electron chi connectivity index (χ3n) is 4.72. The van der Waals surface area contributed by atoms with Crippen molar-refractivity contribution in [1.82, 2.24) is 10.2 Å². The van der Waals surface area contributed by atoms with Gasteiger partial charge < -0.3 is 15.0 Å². The van der Waals surface area contributed by atoms with Crippen LogP contribution in [0.3, 0.4) is 0 Å². The Morgan fingerprint density at radius 2 is 1.72 bits per heavy atom. The predicted octanol–water partition coefficient (Wildman–Crippen LogP) is 2.85. The van der Waals surface area contributed by atoms with Crippen LogP contribution in [0.25, 0.3) is 0 Å². The van der Waals surface area contributed by atoms with Crippen LogP contribution in [0.15, 0.2) is 54.6 Å². The monoisotopic (exact) mass is 398 g/mol. The smallest absolute Gasteiger partial charge is 0.326 e. The van der Waals surface area contributed by atoms with E-state index in [9.17, 15) is 18.8 Å². The molecule has 0 radical (unpaired) electrons. The first-order valence-electron chi connectivity index (χ1n) is 9.61. The highest BCUT2D eigenvalue weighted by atomic mass is 19.1. The first-order chi connectivity index (χ1) is 14.0. The SMILES string of the molecule is O=C(CNC(=O)c1cccc(F)c1)O[C@H](C(=O)N1CCCCC1)c1ccccc1. The zero-order valence-electron chi connectivity index (χ0n) is 16.0. The van der Waals surface area contributed by atoms with Crippen LogP contribution in [0, 0.1) is 5.82 Å². The first-order valence-corrected chi connectivity index (χ1v) is 9.61. The fraction of sp³-hybridized carbons (Fsp3) is 0.318. The van der Waals surface area contributed by atoms with E-state index in [0.717, 1.165) is 25.3 Å². The van der Waals surface area contributed by atoms with Crippen LogP contribution >= 0.6 is 0 Å². The Bertz CT molecular complexity index is 866. The van der Waals surface area contributed by atoms with E-state index in [1.165, 1.54) is 18.2 Å². The van der Waals surface area contributed by atoms with Gasteiger partial charge in [0.2, 0.25) is 6.10 Å². The Kier molecular flexibility index (Phi) is 6.94. The summed E-state index contributed by atoms with van der Waals surface area (Å²) in [5.74, 6) is -2.15. The van der Waals surface area contributed by atoms with Crippen molar-refractivity contribution in [3.63, 3.8) is 0 Å². The number of rotatable bonds is 6. The van der Waals surface area contributed by atoms with Gasteiger partial charge >= 0.3 is 5.97 Å². The Morgan fingerprint density at radius 3 is 2.41 bits per heavy atom. The molecule has 3 rings (SSSR count). The number of hydrogen-bond donors (Lipinski definition) is 1.